The van der Waals surface area contributed by atoms with E-state index in [1.165, 1.54) is 19.5 Å². The summed E-state index contributed by atoms with van der Waals surface area (Å²) in [5.74, 6) is 0. The molecule has 0 atom stereocenters. The van der Waals surface area contributed by atoms with Crippen LogP contribution in [-0.2, 0) is 0 Å². The van der Waals surface area contributed by atoms with Crippen LogP contribution >= 0.6 is 22.7 Å². The molecule has 0 aliphatic heterocycles. The Morgan fingerprint density at radius 1 is 0.471 bits per heavy atom. The van der Waals surface area contributed by atoms with Gasteiger partial charge >= 0.3 is 0 Å². The van der Waals surface area contributed by atoms with Crippen LogP contribution in [0.2, 0.25) is 0 Å². The number of thiophene rings is 2. The minimum absolute atomic E-state index is 0.910. The van der Waals surface area contributed by atoms with E-state index in [0.717, 1.165) is 44.7 Å². The van der Waals surface area contributed by atoms with Gasteiger partial charge in [0.15, 0.2) is 0 Å². The van der Waals surface area contributed by atoms with Crippen LogP contribution in [0.15, 0.2) is 97.1 Å². The highest BCUT2D eigenvalue weighted by Gasteiger charge is 2.19. The Morgan fingerprint density at radius 2 is 0.882 bits per heavy atom. The molecule has 6 aromatic rings. The molecule has 0 saturated heterocycles. The minimum atomic E-state index is 0.910. The first-order valence-electron chi connectivity index (χ1n) is 11.3. The number of benzene rings is 3. The van der Waals surface area contributed by atoms with Crippen molar-refractivity contribution in [3.05, 3.63) is 107 Å². The van der Waals surface area contributed by atoms with Crippen LogP contribution in [-0.4, -0.2) is 9.97 Å². The van der Waals surface area contributed by atoms with Gasteiger partial charge in [0.25, 0.3) is 0 Å². The Balaban J connectivity index is 1.73. The van der Waals surface area contributed by atoms with Crippen LogP contribution in [0, 0.1) is 13.8 Å². The minimum Gasteiger partial charge on any atom is -0.243 e. The van der Waals surface area contributed by atoms with Crippen molar-refractivity contribution in [2.24, 2.45) is 0 Å². The number of hydrogen-bond donors (Lipinski definition) is 0. The molecule has 2 nitrogen and oxygen atoms in total. The first kappa shape index (κ1) is 21.0. The van der Waals surface area contributed by atoms with Gasteiger partial charge in [-0.15, -0.1) is 22.7 Å². The third-order valence-electron chi connectivity index (χ3n) is 5.93. The smallest absolute Gasteiger partial charge is 0.0988 e. The maximum Gasteiger partial charge on any atom is 0.0988 e. The lowest BCUT2D eigenvalue weighted by molar-refractivity contribution is 1.29. The van der Waals surface area contributed by atoms with Crippen molar-refractivity contribution in [3.63, 3.8) is 0 Å². The zero-order valence-corrected chi connectivity index (χ0v) is 20.6. The molecule has 0 spiro atoms. The summed E-state index contributed by atoms with van der Waals surface area (Å²) in [7, 11) is 0. The topological polar surface area (TPSA) is 25.8 Å². The Kier molecular flexibility index (Phi) is 5.33. The van der Waals surface area contributed by atoms with Gasteiger partial charge in [-0.05, 0) is 38.1 Å². The van der Waals surface area contributed by atoms with Crippen molar-refractivity contribution in [2.45, 2.75) is 13.8 Å². The van der Waals surface area contributed by atoms with Crippen molar-refractivity contribution < 1.29 is 0 Å². The lowest BCUT2D eigenvalue weighted by Crippen LogP contribution is -1.98. The van der Waals surface area contributed by atoms with Crippen molar-refractivity contribution in [3.8, 4) is 43.4 Å². The third-order valence-corrected chi connectivity index (χ3v) is 8.00. The first-order valence-corrected chi connectivity index (χ1v) is 12.9. The fourth-order valence-corrected chi connectivity index (χ4v) is 6.07. The van der Waals surface area contributed by atoms with E-state index in [9.17, 15) is 0 Å². The van der Waals surface area contributed by atoms with Crippen molar-refractivity contribution >= 4 is 33.7 Å². The number of fused-ring (bicyclic) bond motifs is 1. The van der Waals surface area contributed by atoms with Crippen molar-refractivity contribution in [1.82, 2.24) is 9.97 Å². The van der Waals surface area contributed by atoms with Gasteiger partial charge in [-0.1, -0.05) is 72.8 Å². The Bertz CT molecular complexity index is 1490. The SMILES string of the molecule is Cc1ccc(-c2ccc(-c3ccc(C)s3)c3nc(-c4ccccc4)c(-c4ccccc4)nc23)s1. The standard InChI is InChI=1S/C30H22N2S2/c1-19-13-17-25(33-19)23-15-16-24(26-18-14-20(2)34-26)30-29(23)31-27(21-9-5-3-6-10-21)28(32-30)22-11-7-4-8-12-22/h3-18H,1-2H3. The summed E-state index contributed by atoms with van der Waals surface area (Å²) in [5.41, 5.74) is 8.13. The van der Waals surface area contributed by atoms with Gasteiger partial charge in [-0.2, -0.15) is 0 Å². The molecule has 0 aliphatic rings. The molecule has 3 aromatic heterocycles. The number of nitrogens with zero attached hydrogens (tertiary/aromatic N) is 2. The zero-order valence-electron chi connectivity index (χ0n) is 18.9. The Labute approximate surface area is 207 Å². The van der Waals surface area contributed by atoms with E-state index in [2.05, 4.69) is 98.8 Å². The molecule has 0 N–H and O–H groups in total. The summed E-state index contributed by atoms with van der Waals surface area (Å²) >= 11 is 3.60. The fraction of sp³-hybridized carbons (Fsp3) is 0.0667. The molecule has 0 radical (unpaired) electrons. The normalized spacial score (nSPS) is 11.2. The quantitative estimate of drug-likeness (QED) is 0.255. The van der Waals surface area contributed by atoms with Gasteiger partial charge in [-0.3, -0.25) is 0 Å². The number of rotatable bonds is 4. The van der Waals surface area contributed by atoms with Crippen molar-refractivity contribution in [2.75, 3.05) is 0 Å². The molecule has 0 unspecified atom stereocenters. The van der Waals surface area contributed by atoms with Crippen LogP contribution < -0.4 is 0 Å². The van der Waals surface area contributed by atoms with E-state index >= 15 is 0 Å². The highest BCUT2D eigenvalue weighted by Crippen LogP contribution is 2.41. The number of aromatic nitrogens is 2. The zero-order chi connectivity index (χ0) is 23.1. The van der Waals surface area contributed by atoms with Crippen molar-refractivity contribution in [1.29, 1.82) is 0 Å². The molecule has 0 bridgehead atoms. The maximum absolute atomic E-state index is 5.35. The Morgan fingerprint density at radius 3 is 1.24 bits per heavy atom. The van der Waals surface area contributed by atoms with Gasteiger partial charge in [0, 0.05) is 41.8 Å². The van der Waals surface area contributed by atoms with E-state index in [0.29, 0.717) is 0 Å². The second-order valence-corrected chi connectivity index (χ2v) is 10.9. The van der Waals surface area contributed by atoms with Crippen LogP contribution in [0.1, 0.15) is 9.75 Å². The van der Waals surface area contributed by atoms with Gasteiger partial charge < -0.3 is 0 Å². The summed E-state index contributed by atoms with van der Waals surface area (Å²) in [6, 6.07) is 33.9. The summed E-state index contributed by atoms with van der Waals surface area (Å²) < 4.78 is 0. The molecule has 0 saturated carbocycles. The van der Waals surface area contributed by atoms with E-state index in [-0.39, 0.29) is 0 Å². The van der Waals surface area contributed by atoms with E-state index in [4.69, 9.17) is 9.97 Å². The highest BCUT2D eigenvalue weighted by molar-refractivity contribution is 7.16. The van der Waals surface area contributed by atoms with E-state index in [1.54, 1.807) is 22.7 Å². The van der Waals surface area contributed by atoms with Crippen LogP contribution in [0.3, 0.4) is 0 Å². The largest absolute Gasteiger partial charge is 0.243 e. The Hall–Kier alpha value is -3.60. The monoisotopic (exact) mass is 474 g/mol. The van der Waals surface area contributed by atoms with E-state index < -0.39 is 0 Å². The third kappa shape index (κ3) is 3.75. The molecule has 6 rings (SSSR count). The molecular weight excluding hydrogens is 452 g/mol. The summed E-state index contributed by atoms with van der Waals surface area (Å²) in [6.07, 6.45) is 0. The summed E-state index contributed by atoms with van der Waals surface area (Å²) in [4.78, 5) is 15.7. The molecule has 0 aliphatic carbocycles. The molecule has 0 amide bonds. The van der Waals surface area contributed by atoms with Crippen LogP contribution in [0.25, 0.3) is 54.4 Å². The fourth-order valence-electron chi connectivity index (χ4n) is 4.29. The summed E-state index contributed by atoms with van der Waals surface area (Å²) in [6.45, 7) is 4.29. The second-order valence-electron chi connectivity index (χ2n) is 8.33. The average Bonchev–Trinajstić information content (AvgIpc) is 3.51. The maximum atomic E-state index is 5.35. The molecule has 3 aromatic carbocycles. The first-order chi connectivity index (χ1) is 16.7. The molecular formula is C30H22N2S2. The molecule has 3 heterocycles. The number of aryl methyl sites for hydroxylation is 2. The van der Waals surface area contributed by atoms with E-state index in [1.807, 2.05) is 12.1 Å². The van der Waals surface area contributed by atoms with Crippen LogP contribution in [0.4, 0.5) is 0 Å². The van der Waals surface area contributed by atoms with Crippen LogP contribution in [0.5, 0.6) is 0 Å². The van der Waals surface area contributed by atoms with Gasteiger partial charge in [0.05, 0.1) is 22.4 Å². The van der Waals surface area contributed by atoms with Gasteiger partial charge in [0.2, 0.25) is 0 Å². The molecule has 4 heteroatoms. The predicted octanol–water partition coefficient (Wildman–Crippen LogP) is 9.04. The second kappa shape index (κ2) is 8.64. The number of hydrogen-bond acceptors (Lipinski definition) is 4. The average molecular weight is 475 g/mol. The lowest BCUT2D eigenvalue weighted by atomic mass is 10.0. The molecule has 34 heavy (non-hydrogen) atoms. The highest BCUT2D eigenvalue weighted by atomic mass is 32.1. The summed E-state index contributed by atoms with van der Waals surface area (Å²) in [5, 5.41) is 0. The predicted molar refractivity (Wildman–Crippen MR) is 147 cm³/mol. The van der Waals surface area contributed by atoms with Gasteiger partial charge in [-0.25, -0.2) is 9.97 Å². The molecule has 164 valence electrons. The molecule has 0 fully saturated rings. The van der Waals surface area contributed by atoms with Gasteiger partial charge in [0.1, 0.15) is 0 Å². The lowest BCUT2D eigenvalue weighted by Gasteiger charge is -2.14.